The van der Waals surface area contributed by atoms with Crippen LogP contribution in [0.2, 0.25) is 0 Å². The van der Waals surface area contributed by atoms with Gasteiger partial charge in [-0.1, -0.05) is 0 Å². The van der Waals surface area contributed by atoms with E-state index < -0.39 is 17.5 Å². The number of aromatic nitrogens is 3. The number of methoxy groups -OCH3 is 1. The molecule has 25 heavy (non-hydrogen) atoms. The highest BCUT2D eigenvalue weighted by molar-refractivity contribution is 6.43. The third-order valence-electron chi connectivity index (χ3n) is 4.29. The van der Waals surface area contributed by atoms with Crippen molar-refractivity contribution in [1.82, 2.24) is 20.1 Å². The number of amides is 1. The quantitative estimate of drug-likeness (QED) is 0.674. The number of hydrogen-bond acceptors (Lipinski definition) is 5. The van der Waals surface area contributed by atoms with Crippen LogP contribution in [0.3, 0.4) is 0 Å². The lowest BCUT2D eigenvalue weighted by molar-refractivity contribution is -0.127. The predicted molar refractivity (Wildman–Crippen MR) is 87.0 cm³/mol. The Hall–Kier alpha value is -2.77. The van der Waals surface area contributed by atoms with Gasteiger partial charge in [0.15, 0.2) is 5.82 Å². The van der Waals surface area contributed by atoms with Crippen molar-refractivity contribution in [3.63, 3.8) is 0 Å². The minimum Gasteiger partial charge on any atom is -0.496 e. The first-order chi connectivity index (χ1) is 12.0. The van der Waals surface area contributed by atoms with Crippen LogP contribution in [-0.4, -0.2) is 52.0 Å². The number of Topliss-reactive ketones (excluding diaryl/α,β-unsaturated/α-hetero) is 1. The van der Waals surface area contributed by atoms with Crippen LogP contribution in [0.5, 0.6) is 5.75 Å². The first-order valence-electron chi connectivity index (χ1n) is 8.05. The Morgan fingerprint density at radius 3 is 2.88 bits per heavy atom. The number of piperidine rings is 1. The number of carbonyl (C=O) groups is 2. The topological polar surface area (TPSA) is 88.2 Å². The van der Waals surface area contributed by atoms with Gasteiger partial charge in [-0.25, -0.2) is 9.37 Å². The number of aromatic amines is 1. The van der Waals surface area contributed by atoms with Crippen LogP contribution >= 0.6 is 0 Å². The third-order valence-corrected chi connectivity index (χ3v) is 4.29. The largest absolute Gasteiger partial charge is 0.496 e. The Morgan fingerprint density at radius 2 is 2.20 bits per heavy atom. The number of nitrogens with one attached hydrogen (secondary N) is 1. The van der Waals surface area contributed by atoms with Crippen molar-refractivity contribution in [3.05, 3.63) is 41.2 Å². The van der Waals surface area contributed by atoms with E-state index in [4.69, 9.17) is 4.74 Å². The van der Waals surface area contributed by atoms with Crippen molar-refractivity contribution in [3.8, 4) is 5.75 Å². The van der Waals surface area contributed by atoms with Crippen molar-refractivity contribution >= 4 is 11.7 Å². The zero-order valence-corrected chi connectivity index (χ0v) is 14.1. The smallest absolute Gasteiger partial charge is 0.295 e. The number of H-pyrrole nitrogens is 1. The fraction of sp³-hybridized carbons (Fsp3) is 0.412. The molecule has 3 rings (SSSR count). The highest BCUT2D eigenvalue weighted by atomic mass is 19.1. The number of likely N-dealkylation sites (tertiary alicyclic amines) is 1. The molecule has 1 saturated heterocycles. The van der Waals surface area contributed by atoms with Crippen LogP contribution in [0.15, 0.2) is 18.2 Å². The van der Waals surface area contributed by atoms with Crippen molar-refractivity contribution in [2.45, 2.75) is 25.7 Å². The first kappa shape index (κ1) is 17.1. The maximum Gasteiger partial charge on any atom is 0.295 e. The lowest BCUT2D eigenvalue weighted by atomic mass is 9.96. The molecule has 1 aromatic heterocycles. The molecule has 8 heteroatoms. The van der Waals surface area contributed by atoms with E-state index in [0.717, 1.165) is 18.9 Å². The standard InChI is InChI=1S/C17H19FN4O3/c1-10-19-16(21-20-10)11-4-3-7-22(9-11)17(24)15(23)13-8-12(18)5-6-14(13)25-2/h5-6,8,11H,3-4,7,9H2,1-2H3,(H,19,20,21)/t11-/m0/s1. The van der Waals surface area contributed by atoms with E-state index in [1.807, 2.05) is 6.92 Å². The summed E-state index contributed by atoms with van der Waals surface area (Å²) in [6, 6.07) is 3.55. The number of halogens is 1. The van der Waals surface area contributed by atoms with Crippen molar-refractivity contribution in [2.75, 3.05) is 20.2 Å². The van der Waals surface area contributed by atoms with Gasteiger partial charge in [0.05, 0.1) is 12.7 Å². The summed E-state index contributed by atoms with van der Waals surface area (Å²) in [5.74, 6) is -0.527. The molecule has 132 valence electrons. The summed E-state index contributed by atoms with van der Waals surface area (Å²) in [5.41, 5.74) is -0.0663. The number of nitrogens with zero attached hydrogens (tertiary/aromatic N) is 3. The average molecular weight is 346 g/mol. The lowest BCUT2D eigenvalue weighted by Crippen LogP contribution is -2.43. The van der Waals surface area contributed by atoms with Gasteiger partial charge in [0, 0.05) is 19.0 Å². The summed E-state index contributed by atoms with van der Waals surface area (Å²) in [7, 11) is 1.37. The molecular weight excluding hydrogens is 327 g/mol. The molecule has 1 aliphatic heterocycles. The summed E-state index contributed by atoms with van der Waals surface area (Å²) in [4.78, 5) is 30.9. The Kier molecular flexibility index (Phi) is 4.78. The van der Waals surface area contributed by atoms with Crippen LogP contribution in [-0.2, 0) is 4.79 Å². The molecule has 0 radical (unpaired) electrons. The SMILES string of the molecule is COc1ccc(F)cc1C(=O)C(=O)N1CCC[C@H](c2n[nH]c(C)n2)C1. The highest BCUT2D eigenvalue weighted by Crippen LogP contribution is 2.26. The van der Waals surface area contributed by atoms with E-state index in [2.05, 4.69) is 15.2 Å². The molecule has 1 aromatic carbocycles. The molecule has 1 N–H and O–H groups in total. The summed E-state index contributed by atoms with van der Waals surface area (Å²) in [5, 5.41) is 6.94. The van der Waals surface area contributed by atoms with E-state index in [0.29, 0.717) is 24.7 Å². The van der Waals surface area contributed by atoms with Crippen molar-refractivity contribution in [2.24, 2.45) is 0 Å². The summed E-state index contributed by atoms with van der Waals surface area (Å²) < 4.78 is 18.6. The Bertz CT molecular complexity index is 805. The van der Waals surface area contributed by atoms with Crippen molar-refractivity contribution < 1.29 is 18.7 Å². The van der Waals surface area contributed by atoms with E-state index in [-0.39, 0.29) is 17.2 Å². The average Bonchev–Trinajstić information content (AvgIpc) is 3.07. The molecular formula is C17H19FN4O3. The minimum atomic E-state index is -0.775. The number of rotatable bonds is 4. The Morgan fingerprint density at radius 1 is 1.40 bits per heavy atom. The molecule has 2 heterocycles. The van der Waals surface area contributed by atoms with Crippen LogP contribution < -0.4 is 4.74 Å². The lowest BCUT2D eigenvalue weighted by Gasteiger charge is -2.31. The molecule has 0 saturated carbocycles. The van der Waals surface area contributed by atoms with E-state index >= 15 is 0 Å². The van der Waals surface area contributed by atoms with Gasteiger partial charge in [-0.05, 0) is 38.0 Å². The summed E-state index contributed by atoms with van der Waals surface area (Å²) >= 11 is 0. The maximum absolute atomic E-state index is 13.5. The zero-order valence-electron chi connectivity index (χ0n) is 14.1. The molecule has 1 aliphatic rings. The number of benzene rings is 1. The Labute approximate surface area is 144 Å². The molecule has 0 bridgehead atoms. The van der Waals surface area contributed by atoms with E-state index in [1.54, 1.807) is 0 Å². The van der Waals surface area contributed by atoms with Gasteiger partial charge in [-0.2, -0.15) is 5.10 Å². The van der Waals surface area contributed by atoms with Gasteiger partial charge in [0.25, 0.3) is 11.7 Å². The Balaban J connectivity index is 1.78. The third kappa shape index (κ3) is 3.52. The van der Waals surface area contributed by atoms with Crippen LogP contribution in [0.25, 0.3) is 0 Å². The minimum absolute atomic E-state index is 0.0233. The fourth-order valence-electron chi connectivity index (χ4n) is 3.03. The molecule has 1 atom stereocenters. The fourth-order valence-corrected chi connectivity index (χ4v) is 3.03. The number of hydrogen-bond donors (Lipinski definition) is 1. The molecule has 2 aromatic rings. The molecule has 0 spiro atoms. The number of ether oxygens (including phenoxy) is 1. The van der Waals surface area contributed by atoms with E-state index in [9.17, 15) is 14.0 Å². The second-order valence-electron chi connectivity index (χ2n) is 6.04. The summed E-state index contributed by atoms with van der Waals surface area (Å²) in [6.45, 7) is 2.64. The van der Waals surface area contributed by atoms with Crippen LogP contribution in [0.1, 0.15) is 40.8 Å². The van der Waals surface area contributed by atoms with E-state index in [1.165, 1.54) is 24.1 Å². The first-order valence-corrected chi connectivity index (χ1v) is 8.05. The second kappa shape index (κ2) is 7.00. The monoisotopic (exact) mass is 346 g/mol. The van der Waals surface area contributed by atoms with Crippen molar-refractivity contribution in [1.29, 1.82) is 0 Å². The van der Waals surface area contributed by atoms with Gasteiger partial charge >= 0.3 is 0 Å². The maximum atomic E-state index is 13.5. The second-order valence-corrected chi connectivity index (χ2v) is 6.04. The van der Waals surface area contributed by atoms with Gasteiger partial charge in [-0.3, -0.25) is 14.7 Å². The predicted octanol–water partition coefficient (Wildman–Crippen LogP) is 1.85. The van der Waals surface area contributed by atoms with Gasteiger partial charge in [-0.15, -0.1) is 0 Å². The molecule has 1 fully saturated rings. The summed E-state index contributed by atoms with van der Waals surface area (Å²) in [6.07, 6.45) is 1.59. The highest BCUT2D eigenvalue weighted by Gasteiger charge is 2.32. The van der Waals surface area contributed by atoms with Gasteiger partial charge < -0.3 is 9.64 Å². The molecule has 0 aliphatic carbocycles. The zero-order chi connectivity index (χ0) is 18.0. The van der Waals surface area contributed by atoms with Gasteiger partial charge in [0.2, 0.25) is 0 Å². The molecule has 0 unspecified atom stereocenters. The van der Waals surface area contributed by atoms with Crippen LogP contribution in [0, 0.1) is 12.7 Å². The molecule has 7 nitrogen and oxygen atoms in total. The molecule has 1 amide bonds. The normalized spacial score (nSPS) is 17.4. The van der Waals surface area contributed by atoms with Crippen LogP contribution in [0.4, 0.5) is 4.39 Å². The number of carbonyl (C=O) groups excluding carboxylic acids is 2. The van der Waals surface area contributed by atoms with Gasteiger partial charge in [0.1, 0.15) is 17.4 Å². The number of aryl methyl sites for hydroxylation is 1. The number of ketones is 1.